The number of phenolic OH excluding ortho intramolecular Hbond substituents is 1. The topological polar surface area (TPSA) is 85.3 Å². The number of carbonyl (C=O) groups is 2. The highest BCUT2D eigenvalue weighted by Crippen LogP contribution is 2.36. The Morgan fingerprint density at radius 2 is 1.85 bits per heavy atom. The van der Waals surface area contributed by atoms with E-state index in [0.717, 1.165) is 10.9 Å². The van der Waals surface area contributed by atoms with Crippen LogP contribution in [0, 0.1) is 6.92 Å². The molecule has 0 aliphatic heterocycles. The van der Waals surface area contributed by atoms with Gasteiger partial charge >= 0.3 is 0 Å². The molecule has 0 saturated heterocycles. The lowest BCUT2D eigenvalue weighted by atomic mass is 9.91. The molecule has 0 spiro atoms. The third-order valence-corrected chi connectivity index (χ3v) is 5.33. The Hall–Kier alpha value is -2.60. The van der Waals surface area contributed by atoms with Crippen LogP contribution in [0.4, 0.5) is 0 Å². The molecule has 1 heterocycles. The molecule has 0 radical (unpaired) electrons. The quantitative estimate of drug-likeness (QED) is 0.628. The molecule has 1 amide bonds. The van der Waals surface area contributed by atoms with E-state index >= 15 is 0 Å². The van der Waals surface area contributed by atoms with Gasteiger partial charge in [-0.15, -0.1) is 0 Å². The van der Waals surface area contributed by atoms with Crippen LogP contribution < -0.4 is 5.73 Å². The van der Waals surface area contributed by atoms with Crippen LogP contribution in [0.3, 0.4) is 0 Å². The first-order valence-electron chi connectivity index (χ1n) is 8.78. The normalized spacial score (nSPS) is 12.3. The molecule has 0 aliphatic rings. The Labute approximate surface area is 165 Å². The van der Waals surface area contributed by atoms with Crippen molar-refractivity contribution in [2.24, 2.45) is 5.73 Å². The number of phenols is 1. The van der Waals surface area contributed by atoms with Crippen molar-refractivity contribution < 1.29 is 14.7 Å². The van der Waals surface area contributed by atoms with E-state index in [4.69, 9.17) is 5.73 Å². The first-order chi connectivity index (χ1) is 12.8. The highest BCUT2D eigenvalue weighted by molar-refractivity contribution is 9.10. The molecule has 1 aromatic heterocycles. The van der Waals surface area contributed by atoms with E-state index in [1.54, 1.807) is 28.8 Å². The fourth-order valence-electron chi connectivity index (χ4n) is 3.57. The lowest BCUT2D eigenvalue weighted by Crippen LogP contribution is -2.22. The number of nitrogens with zero attached hydrogens (tertiary/aromatic N) is 1. The third-order valence-electron chi connectivity index (χ3n) is 4.80. The van der Waals surface area contributed by atoms with Gasteiger partial charge in [-0.1, -0.05) is 29.3 Å². The number of hydrogen-bond acceptors (Lipinski definition) is 3. The Bertz CT molecular complexity index is 1020. The van der Waals surface area contributed by atoms with Crippen LogP contribution in [0.15, 0.2) is 46.9 Å². The van der Waals surface area contributed by atoms with E-state index in [9.17, 15) is 14.7 Å². The number of carbonyl (C=O) groups excluding carboxylic acids is 2. The summed E-state index contributed by atoms with van der Waals surface area (Å²) in [6, 6.07) is 11.9. The monoisotopic (exact) mass is 428 g/mol. The van der Waals surface area contributed by atoms with E-state index in [2.05, 4.69) is 15.9 Å². The van der Waals surface area contributed by atoms with Gasteiger partial charge in [0.2, 0.25) is 5.91 Å². The van der Waals surface area contributed by atoms with Crippen molar-refractivity contribution in [2.75, 3.05) is 0 Å². The minimum atomic E-state index is -0.515. The SMILES string of the molecule is CCCC(C(N)=O)c1c(C)n(C(=O)c2ccc(Br)cc2)c2ccc(O)cc12. The molecule has 6 heteroatoms. The molecule has 1 atom stereocenters. The van der Waals surface area contributed by atoms with Crippen molar-refractivity contribution in [1.29, 1.82) is 0 Å². The van der Waals surface area contributed by atoms with Gasteiger partial charge in [-0.2, -0.15) is 0 Å². The van der Waals surface area contributed by atoms with E-state index < -0.39 is 11.8 Å². The molecule has 0 saturated carbocycles. The Kier molecular flexibility index (Phi) is 5.37. The van der Waals surface area contributed by atoms with Crippen molar-refractivity contribution in [3.8, 4) is 5.75 Å². The van der Waals surface area contributed by atoms with Crippen LogP contribution in [0.25, 0.3) is 10.9 Å². The number of primary amides is 1. The van der Waals surface area contributed by atoms with Crippen LogP contribution >= 0.6 is 15.9 Å². The predicted octanol–water partition coefficient (Wildman–Crippen LogP) is 4.48. The van der Waals surface area contributed by atoms with Gasteiger partial charge in [0.15, 0.2) is 0 Å². The fraction of sp³-hybridized carbons (Fsp3) is 0.238. The van der Waals surface area contributed by atoms with Gasteiger partial charge in [-0.05, 0) is 61.4 Å². The van der Waals surface area contributed by atoms with Gasteiger partial charge in [-0.3, -0.25) is 14.2 Å². The molecule has 0 aliphatic carbocycles. The largest absolute Gasteiger partial charge is 0.508 e. The Morgan fingerprint density at radius 3 is 2.44 bits per heavy atom. The van der Waals surface area contributed by atoms with E-state index in [1.165, 1.54) is 6.07 Å². The van der Waals surface area contributed by atoms with Gasteiger partial charge in [0.05, 0.1) is 11.4 Å². The lowest BCUT2D eigenvalue weighted by molar-refractivity contribution is -0.119. The van der Waals surface area contributed by atoms with Gasteiger partial charge < -0.3 is 10.8 Å². The lowest BCUT2D eigenvalue weighted by Gasteiger charge is -2.14. The van der Waals surface area contributed by atoms with Crippen LogP contribution in [0.1, 0.15) is 47.3 Å². The summed E-state index contributed by atoms with van der Waals surface area (Å²) in [6.07, 6.45) is 1.36. The van der Waals surface area contributed by atoms with Crippen molar-refractivity contribution >= 4 is 38.6 Å². The van der Waals surface area contributed by atoms with Crippen molar-refractivity contribution in [1.82, 2.24) is 4.57 Å². The molecule has 3 N–H and O–H groups in total. The van der Waals surface area contributed by atoms with Gasteiger partial charge in [0.25, 0.3) is 5.91 Å². The molecule has 3 rings (SSSR count). The maximum absolute atomic E-state index is 13.2. The molecule has 3 aromatic rings. The zero-order chi connectivity index (χ0) is 19.7. The fourth-order valence-corrected chi connectivity index (χ4v) is 3.84. The van der Waals surface area contributed by atoms with Gasteiger partial charge in [0.1, 0.15) is 5.75 Å². The number of hydrogen-bond donors (Lipinski definition) is 2. The maximum atomic E-state index is 13.2. The molecular weight excluding hydrogens is 408 g/mol. The highest BCUT2D eigenvalue weighted by atomic mass is 79.9. The first-order valence-corrected chi connectivity index (χ1v) is 9.58. The van der Waals surface area contributed by atoms with Crippen molar-refractivity contribution in [3.63, 3.8) is 0 Å². The summed E-state index contributed by atoms with van der Waals surface area (Å²) < 4.78 is 2.48. The molecule has 0 bridgehead atoms. The molecular formula is C21H21BrN2O3. The predicted molar refractivity (Wildman–Crippen MR) is 109 cm³/mol. The number of aromatic hydroxyl groups is 1. The number of benzene rings is 2. The zero-order valence-corrected chi connectivity index (χ0v) is 16.8. The average molecular weight is 429 g/mol. The molecule has 5 nitrogen and oxygen atoms in total. The van der Waals surface area contributed by atoms with Gasteiger partial charge in [0, 0.05) is 21.1 Å². The molecule has 2 aromatic carbocycles. The standard InChI is InChI=1S/C21H21BrN2O3/c1-3-4-16(20(23)26)19-12(2)24(18-10-9-15(25)11-17(18)19)21(27)13-5-7-14(22)8-6-13/h5-11,16,25H,3-4H2,1-2H3,(H2,23,26). The second-order valence-electron chi connectivity index (χ2n) is 6.59. The summed E-state index contributed by atoms with van der Waals surface area (Å²) in [4.78, 5) is 25.3. The number of fused-ring (bicyclic) bond motifs is 1. The summed E-state index contributed by atoms with van der Waals surface area (Å²) in [5.74, 6) is -1.06. The minimum Gasteiger partial charge on any atom is -0.508 e. The summed E-state index contributed by atoms with van der Waals surface area (Å²) in [5.41, 5.74) is 8.22. The van der Waals surface area contributed by atoms with Crippen molar-refractivity contribution in [2.45, 2.75) is 32.6 Å². The second kappa shape index (κ2) is 7.56. The highest BCUT2D eigenvalue weighted by Gasteiger charge is 2.27. The van der Waals surface area contributed by atoms with Crippen LogP contribution in [0.2, 0.25) is 0 Å². The zero-order valence-electron chi connectivity index (χ0n) is 15.2. The molecule has 0 fully saturated rings. The summed E-state index contributed by atoms with van der Waals surface area (Å²) in [7, 11) is 0. The second-order valence-corrected chi connectivity index (χ2v) is 7.51. The third kappa shape index (κ3) is 3.49. The summed E-state index contributed by atoms with van der Waals surface area (Å²) in [6.45, 7) is 3.80. The number of halogens is 1. The smallest absolute Gasteiger partial charge is 0.262 e. The summed E-state index contributed by atoms with van der Waals surface area (Å²) in [5, 5.41) is 10.7. The number of amides is 1. The Morgan fingerprint density at radius 1 is 1.19 bits per heavy atom. The molecule has 1 unspecified atom stereocenters. The van der Waals surface area contributed by atoms with E-state index in [1.807, 2.05) is 26.0 Å². The van der Waals surface area contributed by atoms with E-state index in [0.29, 0.717) is 34.1 Å². The van der Waals surface area contributed by atoms with E-state index in [-0.39, 0.29) is 11.7 Å². The van der Waals surface area contributed by atoms with Crippen LogP contribution in [-0.2, 0) is 4.79 Å². The molecule has 140 valence electrons. The van der Waals surface area contributed by atoms with Gasteiger partial charge in [-0.25, -0.2) is 0 Å². The molecule has 27 heavy (non-hydrogen) atoms. The first kappa shape index (κ1) is 19.2. The van der Waals surface area contributed by atoms with Crippen molar-refractivity contribution in [3.05, 3.63) is 63.8 Å². The summed E-state index contributed by atoms with van der Waals surface area (Å²) >= 11 is 3.37. The minimum absolute atomic E-state index is 0.0803. The number of aromatic nitrogens is 1. The number of nitrogens with two attached hydrogens (primary N) is 1. The van der Waals surface area contributed by atoms with Crippen LogP contribution in [-0.4, -0.2) is 21.5 Å². The Balaban J connectivity index is 2.27. The maximum Gasteiger partial charge on any atom is 0.262 e. The average Bonchev–Trinajstić information content (AvgIpc) is 2.90. The van der Waals surface area contributed by atoms with Crippen LogP contribution in [0.5, 0.6) is 5.75 Å². The number of rotatable bonds is 5.